The molecular weight excluding hydrogens is 468 g/mol. The lowest BCUT2D eigenvalue weighted by Gasteiger charge is -2.55. The van der Waals surface area contributed by atoms with E-state index >= 15 is 0 Å². The number of ether oxygens (including phenoxy) is 2. The lowest BCUT2D eigenvalue weighted by Crippen LogP contribution is -2.55. The summed E-state index contributed by atoms with van der Waals surface area (Å²) in [5, 5.41) is 2.56. The lowest BCUT2D eigenvalue weighted by atomic mass is 9.58. The fraction of sp³-hybridized carbons (Fsp3) is 0.618. The van der Waals surface area contributed by atoms with Gasteiger partial charge in [0.2, 0.25) is 0 Å². The minimum atomic E-state index is -0.0699. The Kier molecular flexibility index (Phi) is 4.55. The van der Waals surface area contributed by atoms with E-state index in [1.165, 1.54) is 92.8 Å². The summed E-state index contributed by atoms with van der Waals surface area (Å²) in [6, 6.07) is 9.93. The van der Waals surface area contributed by atoms with Crippen LogP contribution in [0.15, 0.2) is 60.0 Å². The molecule has 0 amide bonds. The second-order valence-corrected chi connectivity index (χ2v) is 14.3. The number of fused-ring (bicyclic) bond motifs is 2. The minimum absolute atomic E-state index is 0.0168. The molecule has 4 nitrogen and oxygen atoms in total. The Morgan fingerprint density at radius 2 is 1.97 bits per heavy atom. The standard InChI is InChI=1S/C34H40N2O2/c1-31-10-8-27-17-26-4-5-28(36-15-13-32(20-36)21-37-22-32)18-33(26)11-12-34(27,38-33)30(31)7-6-29(31)24-3-2-23-9-14-35-19-25(23)16-24/h2-3,8-9,14,16-17,19,28-30H,4-7,10-13,15,18,20-22H2,1H3/t28-,29+,30+,31+,33+,34?/m0/s1. The van der Waals surface area contributed by atoms with E-state index in [0.717, 1.165) is 13.2 Å². The van der Waals surface area contributed by atoms with Crippen LogP contribution < -0.4 is 0 Å². The fourth-order valence-electron chi connectivity index (χ4n) is 10.5. The van der Waals surface area contributed by atoms with E-state index in [1.54, 1.807) is 5.57 Å². The number of aromatic nitrogens is 1. The van der Waals surface area contributed by atoms with Gasteiger partial charge < -0.3 is 9.47 Å². The Labute approximate surface area is 226 Å². The van der Waals surface area contributed by atoms with Gasteiger partial charge in [0.15, 0.2) is 0 Å². The van der Waals surface area contributed by atoms with Crippen molar-refractivity contribution in [3.63, 3.8) is 0 Å². The second kappa shape index (κ2) is 7.59. The first-order chi connectivity index (χ1) is 18.5. The average molecular weight is 509 g/mol. The van der Waals surface area contributed by atoms with Crippen molar-refractivity contribution < 1.29 is 9.47 Å². The quantitative estimate of drug-likeness (QED) is 0.460. The third-order valence-corrected chi connectivity index (χ3v) is 12.5. The molecule has 3 aliphatic carbocycles. The number of rotatable bonds is 2. The van der Waals surface area contributed by atoms with Crippen molar-refractivity contribution in [2.24, 2.45) is 16.7 Å². The summed E-state index contributed by atoms with van der Waals surface area (Å²) in [7, 11) is 0. The zero-order chi connectivity index (χ0) is 25.2. The van der Waals surface area contributed by atoms with Gasteiger partial charge in [-0.05, 0) is 116 Å². The third-order valence-electron chi connectivity index (χ3n) is 12.5. The van der Waals surface area contributed by atoms with Crippen LogP contribution in [-0.2, 0) is 9.47 Å². The van der Waals surface area contributed by atoms with Crippen molar-refractivity contribution in [2.45, 2.75) is 87.9 Å². The highest BCUT2D eigenvalue weighted by atomic mass is 16.5. The predicted molar refractivity (Wildman–Crippen MR) is 149 cm³/mol. The molecule has 3 saturated heterocycles. The molecule has 3 spiro atoms. The molecule has 1 aromatic carbocycles. The molecule has 9 rings (SSSR count). The Bertz CT molecular complexity index is 1390. The van der Waals surface area contributed by atoms with Crippen LogP contribution >= 0.6 is 0 Å². The summed E-state index contributed by atoms with van der Waals surface area (Å²) in [5.74, 6) is 1.18. The highest BCUT2D eigenvalue weighted by Gasteiger charge is 2.67. The maximum absolute atomic E-state index is 7.60. The first-order valence-corrected chi connectivity index (χ1v) is 15.3. The lowest BCUT2D eigenvalue weighted by molar-refractivity contribution is -0.142. The second-order valence-electron chi connectivity index (χ2n) is 14.3. The van der Waals surface area contributed by atoms with Crippen molar-refractivity contribution >= 4 is 10.8 Å². The molecule has 6 atom stereocenters. The van der Waals surface area contributed by atoms with Crippen molar-refractivity contribution in [1.82, 2.24) is 9.88 Å². The van der Waals surface area contributed by atoms with Gasteiger partial charge in [-0.1, -0.05) is 31.2 Å². The van der Waals surface area contributed by atoms with Crippen LogP contribution in [0.3, 0.4) is 0 Å². The van der Waals surface area contributed by atoms with Gasteiger partial charge in [-0.25, -0.2) is 0 Å². The molecule has 1 aromatic heterocycles. The van der Waals surface area contributed by atoms with E-state index in [-0.39, 0.29) is 16.6 Å². The first-order valence-electron chi connectivity index (χ1n) is 15.3. The van der Waals surface area contributed by atoms with Gasteiger partial charge in [0.1, 0.15) is 0 Å². The molecule has 5 fully saturated rings. The zero-order valence-corrected chi connectivity index (χ0v) is 22.8. The van der Waals surface area contributed by atoms with E-state index in [1.807, 2.05) is 12.4 Å². The normalized spacial score (nSPS) is 42.8. The van der Waals surface area contributed by atoms with Crippen molar-refractivity contribution in [3.8, 4) is 0 Å². The molecule has 198 valence electrons. The molecule has 7 aliphatic rings. The van der Waals surface area contributed by atoms with Gasteiger partial charge in [-0.2, -0.15) is 0 Å². The molecule has 5 heterocycles. The predicted octanol–water partition coefficient (Wildman–Crippen LogP) is 6.57. The van der Waals surface area contributed by atoms with E-state index in [0.29, 0.717) is 23.3 Å². The molecule has 1 unspecified atom stereocenters. The van der Waals surface area contributed by atoms with Crippen molar-refractivity contribution in [3.05, 3.63) is 65.5 Å². The molecule has 2 aromatic rings. The maximum atomic E-state index is 7.60. The minimum Gasteiger partial charge on any atom is -0.380 e. The number of hydrogen-bond donors (Lipinski definition) is 0. The number of allylic oxidation sites excluding steroid dienone is 1. The van der Waals surface area contributed by atoms with Crippen LogP contribution in [0.25, 0.3) is 10.8 Å². The molecule has 4 heteroatoms. The summed E-state index contributed by atoms with van der Waals surface area (Å²) in [4.78, 5) is 7.22. The van der Waals surface area contributed by atoms with Crippen LogP contribution in [0, 0.1) is 16.7 Å². The van der Waals surface area contributed by atoms with Gasteiger partial charge in [-0.3, -0.25) is 9.88 Å². The highest BCUT2D eigenvalue weighted by molar-refractivity contribution is 5.82. The number of pyridine rings is 1. The summed E-state index contributed by atoms with van der Waals surface area (Å²) in [5.41, 5.74) is 5.29. The van der Waals surface area contributed by atoms with Gasteiger partial charge >= 0.3 is 0 Å². The molecule has 0 N–H and O–H groups in total. The smallest absolute Gasteiger partial charge is 0.0974 e. The summed E-state index contributed by atoms with van der Waals surface area (Å²) in [6.07, 6.45) is 20.4. The van der Waals surface area contributed by atoms with Gasteiger partial charge in [0.05, 0.1) is 24.4 Å². The largest absolute Gasteiger partial charge is 0.380 e. The van der Waals surface area contributed by atoms with Gasteiger partial charge in [-0.15, -0.1) is 0 Å². The summed E-state index contributed by atoms with van der Waals surface area (Å²) < 4.78 is 13.2. The van der Waals surface area contributed by atoms with Crippen LogP contribution in [0.1, 0.15) is 76.2 Å². The van der Waals surface area contributed by atoms with Crippen molar-refractivity contribution in [2.75, 3.05) is 26.3 Å². The van der Waals surface area contributed by atoms with Crippen LogP contribution in [0.4, 0.5) is 0 Å². The van der Waals surface area contributed by atoms with Crippen molar-refractivity contribution in [1.29, 1.82) is 0 Å². The molecule has 38 heavy (non-hydrogen) atoms. The van der Waals surface area contributed by atoms with Crippen LogP contribution in [-0.4, -0.2) is 53.4 Å². The topological polar surface area (TPSA) is 34.6 Å². The summed E-state index contributed by atoms with van der Waals surface area (Å²) >= 11 is 0. The van der Waals surface area contributed by atoms with E-state index in [2.05, 4.69) is 53.2 Å². The zero-order valence-electron chi connectivity index (χ0n) is 22.8. The van der Waals surface area contributed by atoms with E-state index in [9.17, 15) is 0 Å². The Morgan fingerprint density at radius 3 is 2.84 bits per heavy atom. The van der Waals surface area contributed by atoms with E-state index in [4.69, 9.17) is 9.47 Å². The SMILES string of the molecule is C[C@]12CC=C3C=C4CC[C@H](N5CCC6(COC6)C5)C[C@]45CCC3(O5)[C@@H]1CC[C@@H]2c1ccc2ccncc2c1. The van der Waals surface area contributed by atoms with E-state index < -0.39 is 0 Å². The van der Waals surface area contributed by atoms with Gasteiger partial charge in [0, 0.05) is 35.8 Å². The molecular formula is C34H40N2O2. The van der Waals surface area contributed by atoms with Gasteiger partial charge in [0.25, 0.3) is 0 Å². The number of likely N-dealkylation sites (tertiary alicyclic amines) is 1. The third kappa shape index (κ3) is 2.90. The monoisotopic (exact) mass is 508 g/mol. The summed E-state index contributed by atoms with van der Waals surface area (Å²) in [6.45, 7) is 7.05. The number of benzene rings is 1. The fourth-order valence-corrected chi connectivity index (χ4v) is 10.5. The maximum Gasteiger partial charge on any atom is 0.0974 e. The highest BCUT2D eigenvalue weighted by Crippen LogP contribution is 2.69. The Balaban J connectivity index is 1.03. The Morgan fingerprint density at radius 1 is 1.03 bits per heavy atom. The Hall–Kier alpha value is -2.01. The number of hydrogen-bond acceptors (Lipinski definition) is 4. The average Bonchev–Trinajstić information content (AvgIpc) is 3.61. The molecule has 0 radical (unpaired) electrons. The first kappa shape index (κ1) is 22.8. The molecule has 2 bridgehead atoms. The van der Waals surface area contributed by atoms with Crippen LogP contribution in [0.2, 0.25) is 0 Å². The van der Waals surface area contributed by atoms with Crippen LogP contribution in [0.5, 0.6) is 0 Å². The molecule has 2 saturated carbocycles. The molecule has 4 aliphatic heterocycles. The number of nitrogens with zero attached hydrogens (tertiary/aromatic N) is 2.